The molecule has 0 saturated heterocycles. The van der Waals surface area contributed by atoms with E-state index in [2.05, 4.69) is 16.9 Å². The number of nitrogens with one attached hydrogen (secondary N) is 1. The third-order valence-corrected chi connectivity index (χ3v) is 6.07. The van der Waals surface area contributed by atoms with Crippen LogP contribution in [0, 0.1) is 12.7 Å². The lowest BCUT2D eigenvalue weighted by atomic mass is 10.0. The number of aryl methyl sites for hydroxylation is 1. The monoisotopic (exact) mass is 479 g/mol. The van der Waals surface area contributed by atoms with E-state index in [9.17, 15) is 13.2 Å². The first kappa shape index (κ1) is 24.4. The van der Waals surface area contributed by atoms with Crippen LogP contribution >= 0.6 is 0 Å². The largest absolute Gasteiger partial charge is 0.483 e. The van der Waals surface area contributed by atoms with Gasteiger partial charge in [-0.25, -0.2) is 13.2 Å². The van der Waals surface area contributed by atoms with Crippen LogP contribution in [0.1, 0.15) is 36.6 Å². The van der Waals surface area contributed by atoms with Gasteiger partial charge >= 0.3 is 0 Å². The number of halogens is 3. The number of hydrogen-bond donors (Lipinski definition) is 1. The molecule has 1 N–H and O–H groups in total. The minimum atomic E-state index is -3.07. The lowest BCUT2D eigenvalue weighted by Crippen LogP contribution is -2.38. The average molecular weight is 480 g/mol. The Bertz CT molecular complexity index is 1270. The Hall–Kier alpha value is -3.74. The van der Waals surface area contributed by atoms with Gasteiger partial charge in [-0.05, 0) is 62.4 Å². The highest BCUT2D eigenvalue weighted by Gasteiger charge is 2.43. The van der Waals surface area contributed by atoms with Crippen molar-refractivity contribution < 1.29 is 17.9 Å². The minimum Gasteiger partial charge on any atom is -0.483 e. The van der Waals surface area contributed by atoms with Gasteiger partial charge in [-0.3, -0.25) is 4.99 Å². The number of allylic oxidation sites excluding steroid dienone is 1. The van der Waals surface area contributed by atoms with Gasteiger partial charge in [0, 0.05) is 48.4 Å². The summed E-state index contributed by atoms with van der Waals surface area (Å²) in [6.45, 7) is 8.36. The van der Waals surface area contributed by atoms with Crippen LogP contribution in [0.15, 0.2) is 77.9 Å². The summed E-state index contributed by atoms with van der Waals surface area (Å²) in [4.78, 5) is 5.70. The van der Waals surface area contributed by atoms with Crippen LogP contribution < -0.4 is 15.0 Å². The summed E-state index contributed by atoms with van der Waals surface area (Å²) in [5.74, 6) is -2.80. The van der Waals surface area contributed by atoms with E-state index in [1.54, 1.807) is 30.3 Å². The summed E-state index contributed by atoms with van der Waals surface area (Å²) in [7, 11) is 1.67. The van der Waals surface area contributed by atoms with Crippen LogP contribution in [0.3, 0.4) is 0 Å². The first-order valence-electron chi connectivity index (χ1n) is 11.3. The van der Waals surface area contributed by atoms with Crippen molar-refractivity contribution in [2.24, 2.45) is 4.99 Å². The van der Waals surface area contributed by atoms with E-state index in [4.69, 9.17) is 4.74 Å². The number of fused-ring (bicyclic) bond motifs is 1. The van der Waals surface area contributed by atoms with Gasteiger partial charge in [-0.15, -0.1) is 0 Å². The zero-order valence-electron chi connectivity index (χ0n) is 20.1. The Balaban J connectivity index is 1.66. The maximum Gasteiger partial charge on any atom is 0.284 e. The van der Waals surface area contributed by atoms with E-state index in [0.29, 0.717) is 11.4 Å². The van der Waals surface area contributed by atoms with Crippen LogP contribution in [0.2, 0.25) is 0 Å². The van der Waals surface area contributed by atoms with Crippen LogP contribution in [-0.2, 0) is 0 Å². The van der Waals surface area contributed by atoms with Gasteiger partial charge in [0.2, 0.25) is 0 Å². The second kappa shape index (κ2) is 9.49. The SMILES string of the molecule is C=C(N1c2ccc(C)cc2[C@@H](Oc2ccc(Nc3ccc(F)cc3)c(/C=N\C)c2)[C@@H]1C)C(C)(F)F. The van der Waals surface area contributed by atoms with Crippen molar-refractivity contribution in [3.63, 3.8) is 0 Å². The third kappa shape index (κ3) is 5.04. The van der Waals surface area contributed by atoms with Crippen molar-refractivity contribution in [2.75, 3.05) is 17.3 Å². The van der Waals surface area contributed by atoms with Gasteiger partial charge in [0.15, 0.2) is 0 Å². The number of ether oxygens (including phenoxy) is 1. The first-order valence-corrected chi connectivity index (χ1v) is 11.3. The van der Waals surface area contributed by atoms with Crippen molar-refractivity contribution in [3.8, 4) is 5.75 Å². The van der Waals surface area contributed by atoms with Crippen LogP contribution in [0.5, 0.6) is 5.75 Å². The predicted molar refractivity (Wildman–Crippen MR) is 136 cm³/mol. The predicted octanol–water partition coefficient (Wildman–Crippen LogP) is 7.42. The van der Waals surface area contributed by atoms with Crippen molar-refractivity contribution in [1.29, 1.82) is 0 Å². The van der Waals surface area contributed by atoms with E-state index in [-0.39, 0.29) is 11.5 Å². The van der Waals surface area contributed by atoms with Crippen molar-refractivity contribution in [3.05, 3.63) is 95.4 Å². The highest BCUT2D eigenvalue weighted by molar-refractivity contribution is 5.89. The van der Waals surface area contributed by atoms with Gasteiger partial charge in [0.25, 0.3) is 5.92 Å². The molecule has 1 aliphatic rings. The summed E-state index contributed by atoms with van der Waals surface area (Å²) >= 11 is 0. The number of aliphatic imine (C=N–C) groups is 1. The number of hydrogen-bond acceptors (Lipinski definition) is 4. The fourth-order valence-electron chi connectivity index (χ4n) is 4.31. The standard InChI is InChI=1S/C28H28F3N3O/c1-17-6-13-26-24(14-17)27(18(2)34(26)19(3)28(4,30)31)35-23-11-12-25(20(15-23)16-32-5)33-22-9-7-21(29)8-10-22/h6-16,18,27,33H,3H2,1-2,4-5H3/b32-16-/t18-,27-/m0/s1. The molecule has 3 aromatic rings. The number of anilines is 3. The molecular weight excluding hydrogens is 451 g/mol. The fourth-order valence-corrected chi connectivity index (χ4v) is 4.31. The van der Waals surface area contributed by atoms with Gasteiger partial charge in [0.05, 0.1) is 11.7 Å². The molecule has 0 saturated carbocycles. The summed E-state index contributed by atoms with van der Waals surface area (Å²) < 4.78 is 48.1. The molecule has 7 heteroatoms. The first-order chi connectivity index (χ1) is 16.6. The smallest absolute Gasteiger partial charge is 0.284 e. The number of benzene rings is 3. The number of rotatable bonds is 7. The van der Waals surface area contributed by atoms with Crippen molar-refractivity contribution in [2.45, 2.75) is 38.8 Å². The second-order valence-electron chi connectivity index (χ2n) is 8.81. The Morgan fingerprint density at radius 3 is 2.49 bits per heavy atom. The maximum atomic E-state index is 14.2. The molecule has 0 spiro atoms. The zero-order chi connectivity index (χ0) is 25.3. The molecule has 1 aliphatic heterocycles. The fraction of sp³-hybridized carbons (Fsp3) is 0.250. The van der Waals surface area contributed by atoms with E-state index in [1.807, 2.05) is 50.2 Å². The molecule has 4 nitrogen and oxygen atoms in total. The topological polar surface area (TPSA) is 36.9 Å². The lowest BCUT2D eigenvalue weighted by molar-refractivity contribution is 0.0582. The molecule has 35 heavy (non-hydrogen) atoms. The number of alkyl halides is 2. The molecular formula is C28H28F3N3O. The molecule has 2 atom stereocenters. The van der Waals surface area contributed by atoms with Crippen LogP contribution in [0.4, 0.5) is 30.2 Å². The van der Waals surface area contributed by atoms with Crippen LogP contribution in [-0.4, -0.2) is 25.2 Å². The van der Waals surface area contributed by atoms with Gasteiger partial charge in [0.1, 0.15) is 17.7 Å². The van der Waals surface area contributed by atoms with Crippen molar-refractivity contribution in [1.82, 2.24) is 0 Å². The molecule has 0 amide bonds. The molecule has 4 rings (SSSR count). The van der Waals surface area contributed by atoms with Gasteiger partial charge in [-0.1, -0.05) is 24.3 Å². The Kier molecular flexibility index (Phi) is 6.61. The van der Waals surface area contributed by atoms with Crippen LogP contribution in [0.25, 0.3) is 0 Å². The molecule has 0 bridgehead atoms. The molecule has 182 valence electrons. The lowest BCUT2D eigenvalue weighted by Gasteiger charge is -2.31. The number of nitrogens with zero attached hydrogens (tertiary/aromatic N) is 2. The molecule has 0 aromatic heterocycles. The average Bonchev–Trinajstić information content (AvgIpc) is 3.06. The zero-order valence-corrected chi connectivity index (χ0v) is 20.1. The Morgan fingerprint density at radius 2 is 1.83 bits per heavy atom. The van der Waals surface area contributed by atoms with E-state index < -0.39 is 18.1 Å². The molecule has 0 unspecified atom stereocenters. The van der Waals surface area contributed by atoms with E-state index >= 15 is 0 Å². The highest BCUT2D eigenvalue weighted by atomic mass is 19.3. The van der Waals surface area contributed by atoms with Gasteiger partial charge < -0.3 is 15.0 Å². The molecule has 0 fully saturated rings. The second-order valence-corrected chi connectivity index (χ2v) is 8.81. The molecule has 0 aliphatic carbocycles. The minimum absolute atomic E-state index is 0.265. The van der Waals surface area contributed by atoms with E-state index in [1.165, 1.54) is 12.1 Å². The molecule has 3 aromatic carbocycles. The Labute approximate surface area is 203 Å². The van der Waals surface area contributed by atoms with Crippen molar-refractivity contribution >= 4 is 23.3 Å². The molecule has 1 heterocycles. The normalized spacial score (nSPS) is 17.5. The summed E-state index contributed by atoms with van der Waals surface area (Å²) in [6.07, 6.45) is 1.21. The summed E-state index contributed by atoms with van der Waals surface area (Å²) in [5.41, 5.74) is 4.52. The third-order valence-electron chi connectivity index (χ3n) is 6.07. The highest BCUT2D eigenvalue weighted by Crippen LogP contribution is 2.46. The molecule has 0 radical (unpaired) electrons. The van der Waals surface area contributed by atoms with Gasteiger partial charge in [-0.2, -0.15) is 0 Å². The Morgan fingerprint density at radius 1 is 1.11 bits per heavy atom. The quantitative estimate of drug-likeness (QED) is 0.358. The summed E-state index contributed by atoms with van der Waals surface area (Å²) in [6, 6.07) is 16.9. The summed E-state index contributed by atoms with van der Waals surface area (Å²) in [5, 5.41) is 3.26. The van der Waals surface area contributed by atoms with E-state index in [0.717, 1.165) is 35.0 Å². The maximum absolute atomic E-state index is 14.2.